The van der Waals surface area contributed by atoms with Crippen LogP contribution in [0.5, 0.6) is 0 Å². The zero-order valence-electron chi connectivity index (χ0n) is 15.7. The first-order chi connectivity index (χ1) is 12.7. The molecule has 1 aliphatic rings. The average molecular weight is 354 g/mol. The molecule has 0 spiro atoms. The van der Waals surface area contributed by atoms with Gasteiger partial charge >= 0.3 is 0 Å². The normalized spacial score (nSPS) is 16.7. The van der Waals surface area contributed by atoms with E-state index < -0.39 is 6.10 Å². The lowest BCUT2D eigenvalue weighted by Crippen LogP contribution is -2.42. The van der Waals surface area contributed by atoms with Crippen molar-refractivity contribution >= 4 is 0 Å². The predicted octanol–water partition coefficient (Wildman–Crippen LogP) is 2.86. The first kappa shape index (κ1) is 19.1. The summed E-state index contributed by atoms with van der Waals surface area (Å²) in [5.41, 5.74) is 3.54. The molecule has 0 radical (unpaired) electrons. The van der Waals surface area contributed by atoms with Crippen molar-refractivity contribution in [3.05, 3.63) is 71.3 Å². The minimum atomic E-state index is -0.466. The van der Waals surface area contributed by atoms with E-state index >= 15 is 0 Å². The number of hydrogen-bond acceptors (Lipinski definition) is 4. The van der Waals surface area contributed by atoms with Gasteiger partial charge in [0.2, 0.25) is 0 Å². The summed E-state index contributed by atoms with van der Waals surface area (Å²) in [5.74, 6) is 0. The number of nitrogens with zero attached hydrogens (tertiary/aromatic N) is 2. The third-order valence-corrected chi connectivity index (χ3v) is 4.98. The molecule has 0 bridgehead atoms. The number of morpholine rings is 1. The fourth-order valence-corrected chi connectivity index (χ4v) is 3.32. The highest BCUT2D eigenvalue weighted by Crippen LogP contribution is 2.16. The van der Waals surface area contributed by atoms with Gasteiger partial charge in [0.1, 0.15) is 0 Å². The van der Waals surface area contributed by atoms with Crippen LogP contribution in [-0.2, 0) is 11.3 Å². The van der Waals surface area contributed by atoms with Gasteiger partial charge in [0.15, 0.2) is 0 Å². The van der Waals surface area contributed by atoms with Gasteiger partial charge in [-0.2, -0.15) is 0 Å². The number of aryl methyl sites for hydroxylation is 1. The second-order valence-corrected chi connectivity index (χ2v) is 7.10. The minimum absolute atomic E-state index is 0.466. The number of rotatable bonds is 8. The predicted molar refractivity (Wildman–Crippen MR) is 105 cm³/mol. The molecule has 140 valence electrons. The Labute approximate surface area is 157 Å². The van der Waals surface area contributed by atoms with Crippen molar-refractivity contribution in [2.45, 2.75) is 19.6 Å². The maximum atomic E-state index is 10.7. The molecule has 1 aliphatic heterocycles. The summed E-state index contributed by atoms with van der Waals surface area (Å²) >= 11 is 0. The van der Waals surface area contributed by atoms with Crippen molar-refractivity contribution in [2.75, 3.05) is 45.9 Å². The smallest absolute Gasteiger partial charge is 0.0917 e. The van der Waals surface area contributed by atoms with Crippen LogP contribution in [0.1, 0.15) is 22.8 Å². The molecule has 26 heavy (non-hydrogen) atoms. The molecule has 1 atom stereocenters. The molecule has 0 aromatic heterocycles. The van der Waals surface area contributed by atoms with Gasteiger partial charge in [-0.25, -0.2) is 0 Å². The standard InChI is InChI=1S/C22H30N2O2/c1-19-7-9-20(10-8-19)17-24(12-11-23-13-15-26-16-14-23)18-22(25)21-5-3-2-4-6-21/h2-10,22,25H,11-18H2,1H3/t22-/m0/s1. The van der Waals surface area contributed by atoms with Gasteiger partial charge in [-0.3, -0.25) is 9.80 Å². The summed E-state index contributed by atoms with van der Waals surface area (Å²) in [6.45, 7) is 9.21. The van der Waals surface area contributed by atoms with Crippen molar-refractivity contribution in [3.63, 3.8) is 0 Å². The third kappa shape index (κ3) is 5.92. The van der Waals surface area contributed by atoms with Gasteiger partial charge in [0.25, 0.3) is 0 Å². The fraction of sp³-hybridized carbons (Fsp3) is 0.455. The lowest BCUT2D eigenvalue weighted by molar-refractivity contribution is 0.0291. The van der Waals surface area contributed by atoms with Crippen molar-refractivity contribution in [3.8, 4) is 0 Å². The van der Waals surface area contributed by atoms with Gasteiger partial charge in [-0.15, -0.1) is 0 Å². The largest absolute Gasteiger partial charge is 0.387 e. The number of ether oxygens (including phenoxy) is 1. The second kappa shape index (κ2) is 9.83. The van der Waals surface area contributed by atoms with E-state index in [0.29, 0.717) is 6.54 Å². The highest BCUT2D eigenvalue weighted by Gasteiger charge is 2.16. The summed E-state index contributed by atoms with van der Waals surface area (Å²) in [4.78, 5) is 4.80. The zero-order chi connectivity index (χ0) is 18.2. The monoisotopic (exact) mass is 354 g/mol. The molecule has 0 aliphatic carbocycles. The van der Waals surface area contributed by atoms with Gasteiger partial charge in [0, 0.05) is 39.3 Å². The topological polar surface area (TPSA) is 35.9 Å². The minimum Gasteiger partial charge on any atom is -0.387 e. The number of aliphatic hydroxyl groups is 1. The summed E-state index contributed by atoms with van der Waals surface area (Å²) in [6, 6.07) is 18.6. The molecule has 2 aromatic carbocycles. The lowest BCUT2D eigenvalue weighted by atomic mass is 10.1. The Bertz CT molecular complexity index is 639. The first-order valence-corrected chi connectivity index (χ1v) is 9.52. The van der Waals surface area contributed by atoms with E-state index in [1.165, 1.54) is 11.1 Å². The Morgan fingerprint density at radius 1 is 1.04 bits per heavy atom. The maximum Gasteiger partial charge on any atom is 0.0917 e. The molecule has 4 nitrogen and oxygen atoms in total. The Morgan fingerprint density at radius 3 is 2.42 bits per heavy atom. The third-order valence-electron chi connectivity index (χ3n) is 4.98. The van der Waals surface area contributed by atoms with E-state index in [1.54, 1.807) is 0 Å². The van der Waals surface area contributed by atoms with E-state index in [1.807, 2.05) is 30.3 Å². The molecular weight excluding hydrogens is 324 g/mol. The molecule has 1 saturated heterocycles. The molecule has 4 heteroatoms. The molecule has 0 amide bonds. The number of benzene rings is 2. The Kier molecular flexibility index (Phi) is 7.21. The van der Waals surface area contributed by atoms with Gasteiger partial charge in [-0.1, -0.05) is 60.2 Å². The molecule has 2 aromatic rings. The van der Waals surface area contributed by atoms with Crippen LogP contribution in [0.2, 0.25) is 0 Å². The van der Waals surface area contributed by atoms with E-state index in [9.17, 15) is 5.11 Å². The summed E-state index contributed by atoms with van der Waals surface area (Å²) < 4.78 is 5.44. The molecule has 1 heterocycles. The van der Waals surface area contributed by atoms with Crippen LogP contribution < -0.4 is 0 Å². The fourth-order valence-electron chi connectivity index (χ4n) is 3.32. The average Bonchev–Trinajstić information content (AvgIpc) is 2.69. The number of aliphatic hydroxyl groups excluding tert-OH is 1. The van der Waals surface area contributed by atoms with Crippen molar-refractivity contribution < 1.29 is 9.84 Å². The van der Waals surface area contributed by atoms with Crippen molar-refractivity contribution in [1.29, 1.82) is 0 Å². The van der Waals surface area contributed by atoms with E-state index in [2.05, 4.69) is 41.0 Å². The lowest BCUT2D eigenvalue weighted by Gasteiger charge is -2.31. The van der Waals surface area contributed by atoms with Gasteiger partial charge in [0.05, 0.1) is 19.3 Å². The molecule has 0 saturated carbocycles. The number of hydrogen-bond donors (Lipinski definition) is 1. The molecule has 3 rings (SSSR count). The van der Waals surface area contributed by atoms with Gasteiger partial charge < -0.3 is 9.84 Å². The highest BCUT2D eigenvalue weighted by atomic mass is 16.5. The summed E-state index contributed by atoms with van der Waals surface area (Å²) in [6.07, 6.45) is -0.466. The van der Waals surface area contributed by atoms with E-state index in [4.69, 9.17) is 4.74 Å². The quantitative estimate of drug-likeness (QED) is 0.791. The van der Waals surface area contributed by atoms with Crippen LogP contribution >= 0.6 is 0 Å². The van der Waals surface area contributed by atoms with Crippen LogP contribution in [0.3, 0.4) is 0 Å². The van der Waals surface area contributed by atoms with Crippen molar-refractivity contribution in [2.24, 2.45) is 0 Å². The second-order valence-electron chi connectivity index (χ2n) is 7.10. The molecule has 0 unspecified atom stereocenters. The molecule has 1 N–H and O–H groups in total. The van der Waals surface area contributed by atoms with Gasteiger partial charge in [-0.05, 0) is 18.1 Å². The zero-order valence-corrected chi connectivity index (χ0v) is 15.7. The Balaban J connectivity index is 1.62. The van der Waals surface area contributed by atoms with E-state index in [0.717, 1.165) is 51.5 Å². The maximum absolute atomic E-state index is 10.7. The van der Waals surface area contributed by atoms with Crippen molar-refractivity contribution in [1.82, 2.24) is 9.80 Å². The highest BCUT2D eigenvalue weighted by molar-refractivity contribution is 5.21. The Morgan fingerprint density at radius 2 is 1.73 bits per heavy atom. The van der Waals surface area contributed by atoms with Crippen LogP contribution in [0.4, 0.5) is 0 Å². The first-order valence-electron chi connectivity index (χ1n) is 9.52. The summed E-state index contributed by atoms with van der Waals surface area (Å²) in [7, 11) is 0. The molecule has 1 fully saturated rings. The Hall–Kier alpha value is -1.72. The van der Waals surface area contributed by atoms with E-state index in [-0.39, 0.29) is 0 Å². The van der Waals surface area contributed by atoms with Crippen LogP contribution in [0, 0.1) is 6.92 Å². The van der Waals surface area contributed by atoms with Crippen LogP contribution in [0.15, 0.2) is 54.6 Å². The van der Waals surface area contributed by atoms with Crippen LogP contribution in [0.25, 0.3) is 0 Å². The summed E-state index contributed by atoms with van der Waals surface area (Å²) in [5, 5.41) is 10.7. The SMILES string of the molecule is Cc1ccc(CN(CCN2CCOCC2)C[C@H](O)c2ccccc2)cc1. The molecular formula is C22H30N2O2. The van der Waals surface area contributed by atoms with Crippen LogP contribution in [-0.4, -0.2) is 60.8 Å².